The van der Waals surface area contributed by atoms with Crippen molar-refractivity contribution in [2.24, 2.45) is 0 Å². The van der Waals surface area contributed by atoms with Gasteiger partial charge in [0.05, 0.1) is 26.2 Å². The summed E-state index contributed by atoms with van der Waals surface area (Å²) in [5, 5.41) is 4.22. The maximum absolute atomic E-state index is 12.6. The molecular formula is C19H25N3O4. The second-order valence-corrected chi connectivity index (χ2v) is 6.32. The lowest BCUT2D eigenvalue weighted by atomic mass is 10.1. The number of methoxy groups -OCH3 is 1. The zero-order valence-corrected chi connectivity index (χ0v) is 15.2. The van der Waals surface area contributed by atoms with Gasteiger partial charge in [0, 0.05) is 36.7 Å². The number of nitrogens with zero attached hydrogens (tertiary/aromatic N) is 1. The fourth-order valence-corrected chi connectivity index (χ4v) is 3.31. The smallest absolute Gasteiger partial charge is 0.307 e. The van der Waals surface area contributed by atoms with E-state index < -0.39 is 6.04 Å². The van der Waals surface area contributed by atoms with Crippen LogP contribution in [-0.4, -0.2) is 61.2 Å². The number of carbonyl (C=O) groups is 2. The van der Waals surface area contributed by atoms with Gasteiger partial charge >= 0.3 is 5.97 Å². The van der Waals surface area contributed by atoms with Crippen molar-refractivity contribution in [2.45, 2.75) is 25.8 Å². The van der Waals surface area contributed by atoms with Crippen molar-refractivity contribution in [3.05, 3.63) is 30.0 Å². The number of rotatable bonds is 7. The van der Waals surface area contributed by atoms with Crippen molar-refractivity contribution < 1.29 is 19.1 Å². The normalized spacial score (nSPS) is 17.5. The lowest BCUT2D eigenvalue weighted by Crippen LogP contribution is -2.56. The van der Waals surface area contributed by atoms with E-state index in [-0.39, 0.29) is 18.3 Å². The Labute approximate surface area is 152 Å². The molecule has 1 atom stereocenters. The molecule has 1 aromatic heterocycles. The minimum absolute atomic E-state index is 0.0401. The van der Waals surface area contributed by atoms with Crippen molar-refractivity contribution in [1.82, 2.24) is 15.2 Å². The molecule has 0 saturated carbocycles. The van der Waals surface area contributed by atoms with Crippen LogP contribution >= 0.6 is 0 Å². The fourth-order valence-electron chi connectivity index (χ4n) is 3.31. The summed E-state index contributed by atoms with van der Waals surface area (Å²) in [6.45, 7) is 4.02. The number of carbonyl (C=O) groups excluding carboxylic acids is 2. The minimum Gasteiger partial charge on any atom is -0.497 e. The Hall–Kier alpha value is -2.54. The monoisotopic (exact) mass is 359 g/mol. The molecular weight excluding hydrogens is 334 g/mol. The van der Waals surface area contributed by atoms with Crippen molar-refractivity contribution >= 4 is 22.8 Å². The number of nitrogens with one attached hydrogen (secondary N) is 2. The third kappa shape index (κ3) is 3.99. The van der Waals surface area contributed by atoms with Crippen LogP contribution in [0.2, 0.25) is 0 Å². The molecule has 0 spiro atoms. The fraction of sp³-hybridized carbons (Fsp3) is 0.474. The first-order valence-electron chi connectivity index (χ1n) is 8.94. The molecule has 26 heavy (non-hydrogen) atoms. The van der Waals surface area contributed by atoms with E-state index >= 15 is 0 Å². The number of aromatic nitrogens is 1. The number of esters is 1. The average molecular weight is 359 g/mol. The van der Waals surface area contributed by atoms with Gasteiger partial charge in [-0.15, -0.1) is 0 Å². The first kappa shape index (κ1) is 18.3. The summed E-state index contributed by atoms with van der Waals surface area (Å²) in [6, 6.07) is 5.42. The molecule has 3 rings (SSSR count). The number of amides is 1. The van der Waals surface area contributed by atoms with Crippen molar-refractivity contribution in [2.75, 3.05) is 33.4 Å². The molecule has 0 aliphatic carbocycles. The molecule has 7 nitrogen and oxygen atoms in total. The van der Waals surface area contributed by atoms with Crippen LogP contribution in [0.25, 0.3) is 10.9 Å². The molecule has 1 saturated heterocycles. The van der Waals surface area contributed by atoms with Crippen LogP contribution in [0, 0.1) is 0 Å². The second kappa shape index (κ2) is 8.23. The number of aromatic amines is 1. The van der Waals surface area contributed by atoms with E-state index in [9.17, 15) is 9.59 Å². The Morgan fingerprint density at radius 1 is 1.38 bits per heavy atom. The molecule has 1 fully saturated rings. The molecule has 2 N–H and O–H groups in total. The molecule has 7 heteroatoms. The van der Waals surface area contributed by atoms with Gasteiger partial charge in [-0.3, -0.25) is 9.59 Å². The third-order valence-electron chi connectivity index (χ3n) is 4.68. The maximum Gasteiger partial charge on any atom is 0.307 e. The van der Waals surface area contributed by atoms with Gasteiger partial charge in [-0.1, -0.05) is 0 Å². The number of H-pyrrole nitrogens is 1. The van der Waals surface area contributed by atoms with Gasteiger partial charge in [-0.05, 0) is 37.1 Å². The zero-order valence-electron chi connectivity index (χ0n) is 15.2. The molecule has 1 aromatic carbocycles. The standard InChI is InChI=1S/C19H25N3O4/c1-3-26-18(23)11-17-19(24)22(9-7-20-17)8-6-13-12-21-16-5-4-14(25-2)10-15(13)16/h4-5,10,12,17,20-21H,3,6-9,11H2,1-2H3. The number of hydrogen-bond donors (Lipinski definition) is 2. The summed E-state index contributed by atoms with van der Waals surface area (Å²) < 4.78 is 10.3. The minimum atomic E-state index is -0.495. The summed E-state index contributed by atoms with van der Waals surface area (Å²) in [5.74, 6) is 0.428. The SMILES string of the molecule is CCOC(=O)CC1NCCN(CCc2c[nH]c3ccc(OC)cc23)C1=O. The topological polar surface area (TPSA) is 83.7 Å². The summed E-state index contributed by atoms with van der Waals surface area (Å²) in [4.78, 5) is 29.4. The van der Waals surface area contributed by atoms with Crippen LogP contribution in [-0.2, 0) is 20.7 Å². The third-order valence-corrected chi connectivity index (χ3v) is 4.68. The predicted octanol–water partition coefficient (Wildman–Crippen LogP) is 1.47. The van der Waals surface area contributed by atoms with E-state index in [1.54, 1.807) is 14.0 Å². The molecule has 140 valence electrons. The number of piperazine rings is 1. The van der Waals surface area contributed by atoms with Gasteiger partial charge in [0.2, 0.25) is 5.91 Å². The van der Waals surface area contributed by atoms with E-state index in [4.69, 9.17) is 9.47 Å². The first-order chi connectivity index (χ1) is 12.6. The maximum atomic E-state index is 12.6. The van der Waals surface area contributed by atoms with Crippen LogP contribution in [0.4, 0.5) is 0 Å². The van der Waals surface area contributed by atoms with Gasteiger partial charge < -0.3 is 24.7 Å². The second-order valence-electron chi connectivity index (χ2n) is 6.32. The van der Waals surface area contributed by atoms with Gasteiger partial charge in [0.25, 0.3) is 0 Å². The average Bonchev–Trinajstić information content (AvgIpc) is 3.05. The lowest BCUT2D eigenvalue weighted by molar-refractivity contribution is -0.148. The molecule has 0 bridgehead atoms. The summed E-state index contributed by atoms with van der Waals surface area (Å²) >= 11 is 0. The molecule has 0 radical (unpaired) electrons. The summed E-state index contributed by atoms with van der Waals surface area (Å²) in [6.07, 6.45) is 2.80. The Morgan fingerprint density at radius 3 is 3.00 bits per heavy atom. The summed E-state index contributed by atoms with van der Waals surface area (Å²) in [7, 11) is 1.65. The van der Waals surface area contributed by atoms with Gasteiger partial charge in [-0.2, -0.15) is 0 Å². The van der Waals surface area contributed by atoms with Crippen molar-refractivity contribution in [3.63, 3.8) is 0 Å². The Morgan fingerprint density at radius 2 is 2.23 bits per heavy atom. The highest BCUT2D eigenvalue weighted by Gasteiger charge is 2.30. The molecule has 1 amide bonds. The Kier molecular flexibility index (Phi) is 5.78. The van der Waals surface area contributed by atoms with Crippen molar-refractivity contribution in [1.29, 1.82) is 0 Å². The highest BCUT2D eigenvalue weighted by atomic mass is 16.5. The highest BCUT2D eigenvalue weighted by molar-refractivity contribution is 5.87. The van der Waals surface area contributed by atoms with E-state index in [0.29, 0.717) is 26.2 Å². The molecule has 1 aliphatic heterocycles. The molecule has 1 unspecified atom stereocenters. The Bertz CT molecular complexity index is 786. The van der Waals surface area contributed by atoms with Crippen LogP contribution in [0.3, 0.4) is 0 Å². The first-order valence-corrected chi connectivity index (χ1v) is 8.94. The quantitative estimate of drug-likeness (QED) is 0.732. The molecule has 1 aliphatic rings. The van der Waals surface area contributed by atoms with Crippen LogP contribution in [0.1, 0.15) is 18.9 Å². The number of fused-ring (bicyclic) bond motifs is 1. The van der Waals surface area contributed by atoms with Crippen LogP contribution < -0.4 is 10.1 Å². The number of ether oxygens (including phenoxy) is 2. The van der Waals surface area contributed by atoms with E-state index in [2.05, 4.69) is 10.3 Å². The van der Waals surface area contributed by atoms with Gasteiger partial charge in [0.15, 0.2) is 0 Å². The lowest BCUT2D eigenvalue weighted by Gasteiger charge is -2.32. The number of benzene rings is 1. The van der Waals surface area contributed by atoms with E-state index in [1.165, 1.54) is 0 Å². The Balaban J connectivity index is 1.63. The molecule has 2 heterocycles. The van der Waals surface area contributed by atoms with Gasteiger partial charge in [-0.25, -0.2) is 0 Å². The molecule has 2 aromatic rings. The number of hydrogen-bond acceptors (Lipinski definition) is 5. The van der Waals surface area contributed by atoms with E-state index in [1.807, 2.05) is 29.3 Å². The highest BCUT2D eigenvalue weighted by Crippen LogP contribution is 2.24. The van der Waals surface area contributed by atoms with Crippen molar-refractivity contribution in [3.8, 4) is 5.75 Å². The van der Waals surface area contributed by atoms with Gasteiger partial charge in [0.1, 0.15) is 5.75 Å². The van der Waals surface area contributed by atoms with E-state index in [0.717, 1.165) is 28.6 Å². The summed E-state index contributed by atoms with van der Waals surface area (Å²) in [5.41, 5.74) is 2.19. The van der Waals surface area contributed by atoms with Crippen LogP contribution in [0.5, 0.6) is 5.75 Å². The zero-order chi connectivity index (χ0) is 18.5. The largest absolute Gasteiger partial charge is 0.497 e. The predicted molar refractivity (Wildman–Crippen MR) is 98.2 cm³/mol. The van der Waals surface area contributed by atoms with Crippen LogP contribution in [0.15, 0.2) is 24.4 Å².